The Balaban J connectivity index is 1.85. The predicted molar refractivity (Wildman–Crippen MR) is 143 cm³/mol. The molecule has 3 aromatic rings. The minimum absolute atomic E-state index is 0.0223. The fourth-order valence-corrected chi connectivity index (χ4v) is 5.31. The van der Waals surface area contributed by atoms with Crippen LogP contribution in [0.2, 0.25) is 10.0 Å². The number of halogens is 2. The number of hydrogen-bond acceptors (Lipinski definition) is 4. The minimum atomic E-state index is -4.10. The average Bonchev–Trinajstić information content (AvgIpc) is 2.81. The van der Waals surface area contributed by atoms with E-state index in [0.717, 1.165) is 9.87 Å². The highest BCUT2D eigenvalue weighted by Gasteiger charge is 2.28. The first kappa shape index (κ1) is 26.7. The maximum Gasteiger partial charge on any atom is 0.264 e. The van der Waals surface area contributed by atoms with Crippen molar-refractivity contribution in [2.75, 3.05) is 10.8 Å². The molecule has 1 amide bonds. The second-order valence-corrected chi connectivity index (χ2v) is 11.7. The summed E-state index contributed by atoms with van der Waals surface area (Å²) in [4.78, 5) is 12.8. The molecule has 0 fully saturated rings. The summed E-state index contributed by atoms with van der Waals surface area (Å²) in [6.07, 6.45) is 0. The fourth-order valence-electron chi connectivity index (χ4n) is 3.29. The number of nitrogens with zero attached hydrogens (tertiary/aromatic N) is 2. The lowest BCUT2D eigenvalue weighted by molar-refractivity contribution is -0.119. The highest BCUT2D eigenvalue weighted by Crippen LogP contribution is 2.32. The molecular formula is C26H27Cl2N3O3S. The number of rotatable bonds is 7. The lowest BCUT2D eigenvalue weighted by Gasteiger charge is -2.24. The molecule has 0 radical (unpaired) electrons. The van der Waals surface area contributed by atoms with Gasteiger partial charge >= 0.3 is 0 Å². The number of benzene rings is 3. The Labute approximate surface area is 216 Å². The van der Waals surface area contributed by atoms with Gasteiger partial charge in [0.25, 0.3) is 15.9 Å². The molecule has 0 spiro atoms. The molecule has 3 rings (SSSR count). The predicted octanol–water partition coefficient (Wildman–Crippen LogP) is 6.03. The first-order chi connectivity index (χ1) is 16.4. The summed E-state index contributed by atoms with van der Waals surface area (Å²) in [5.41, 5.74) is 5.21. The number of carbonyl (C=O) groups excluding carboxylic acids is 1. The van der Waals surface area contributed by atoms with E-state index in [-0.39, 0.29) is 21.0 Å². The lowest BCUT2D eigenvalue weighted by atomic mass is 9.86. The second-order valence-electron chi connectivity index (χ2n) is 8.98. The highest BCUT2D eigenvalue weighted by atomic mass is 35.5. The number of hydrazone groups is 1. The number of amides is 1. The number of hydrogen-bond donors (Lipinski definition) is 1. The van der Waals surface area contributed by atoms with E-state index in [1.165, 1.54) is 35.9 Å². The van der Waals surface area contributed by atoms with E-state index in [1.54, 1.807) is 25.1 Å². The third-order valence-corrected chi connectivity index (χ3v) is 7.63. The zero-order chi connectivity index (χ0) is 25.8. The van der Waals surface area contributed by atoms with Crippen molar-refractivity contribution in [3.05, 3.63) is 94.0 Å². The Kier molecular flexibility index (Phi) is 8.26. The quantitative estimate of drug-likeness (QED) is 0.298. The van der Waals surface area contributed by atoms with E-state index in [1.807, 2.05) is 24.3 Å². The molecule has 0 aliphatic rings. The van der Waals surface area contributed by atoms with Crippen molar-refractivity contribution in [3.63, 3.8) is 0 Å². The minimum Gasteiger partial charge on any atom is -0.271 e. The lowest BCUT2D eigenvalue weighted by Crippen LogP contribution is -2.40. The largest absolute Gasteiger partial charge is 0.271 e. The van der Waals surface area contributed by atoms with Gasteiger partial charge in [0.2, 0.25) is 0 Å². The van der Waals surface area contributed by atoms with Crippen LogP contribution in [0.5, 0.6) is 0 Å². The Morgan fingerprint density at radius 3 is 2.17 bits per heavy atom. The van der Waals surface area contributed by atoms with Crippen molar-refractivity contribution in [2.45, 2.75) is 38.0 Å². The molecule has 0 aliphatic heterocycles. The van der Waals surface area contributed by atoms with Gasteiger partial charge in [0.05, 0.1) is 21.3 Å². The van der Waals surface area contributed by atoms with Crippen LogP contribution in [0.4, 0.5) is 5.69 Å². The Hall–Kier alpha value is -2.87. The van der Waals surface area contributed by atoms with Gasteiger partial charge in [-0.2, -0.15) is 5.10 Å². The second kappa shape index (κ2) is 10.8. The Bertz CT molecular complexity index is 1330. The van der Waals surface area contributed by atoms with Crippen LogP contribution in [-0.4, -0.2) is 26.6 Å². The van der Waals surface area contributed by atoms with Crippen molar-refractivity contribution >= 4 is 50.5 Å². The van der Waals surface area contributed by atoms with E-state index in [0.29, 0.717) is 10.7 Å². The van der Waals surface area contributed by atoms with Crippen LogP contribution in [0.3, 0.4) is 0 Å². The van der Waals surface area contributed by atoms with Crippen molar-refractivity contribution in [1.29, 1.82) is 0 Å². The summed E-state index contributed by atoms with van der Waals surface area (Å²) in [7, 11) is -4.10. The van der Waals surface area contributed by atoms with Gasteiger partial charge in [-0.15, -0.1) is 0 Å². The Morgan fingerprint density at radius 2 is 1.60 bits per heavy atom. The zero-order valence-corrected chi connectivity index (χ0v) is 22.2. The molecule has 0 aromatic heterocycles. The van der Waals surface area contributed by atoms with Crippen LogP contribution in [-0.2, 0) is 20.2 Å². The van der Waals surface area contributed by atoms with Crippen LogP contribution >= 0.6 is 23.2 Å². The van der Waals surface area contributed by atoms with Gasteiger partial charge in [-0.25, -0.2) is 13.8 Å². The smallest absolute Gasteiger partial charge is 0.264 e. The average molecular weight is 532 g/mol. The standard InChI is InChI=1S/C26H27Cl2N3O3S/c1-18(19-10-12-20(13-11-19)26(2,3)4)29-30-25(32)17-31(24-15-14-21(27)16-23(24)28)35(33,34)22-8-6-5-7-9-22/h5-16H,17H2,1-4H3,(H,30,32)/b29-18-. The van der Waals surface area contributed by atoms with Crippen LogP contribution in [0.15, 0.2) is 82.8 Å². The van der Waals surface area contributed by atoms with Gasteiger partial charge < -0.3 is 0 Å². The Morgan fingerprint density at radius 1 is 0.971 bits per heavy atom. The van der Waals surface area contributed by atoms with Gasteiger partial charge in [0, 0.05) is 5.02 Å². The van der Waals surface area contributed by atoms with E-state index < -0.39 is 22.5 Å². The highest BCUT2D eigenvalue weighted by molar-refractivity contribution is 7.92. The number of nitrogens with one attached hydrogen (secondary N) is 1. The summed E-state index contributed by atoms with van der Waals surface area (Å²) in [5, 5.41) is 4.61. The van der Waals surface area contributed by atoms with Crippen molar-refractivity contribution in [2.24, 2.45) is 5.10 Å². The molecular weight excluding hydrogens is 505 g/mol. The number of carbonyl (C=O) groups is 1. The maximum absolute atomic E-state index is 13.4. The summed E-state index contributed by atoms with van der Waals surface area (Å²) >= 11 is 12.3. The molecule has 1 N–H and O–H groups in total. The summed E-state index contributed by atoms with van der Waals surface area (Å²) in [6.45, 7) is 7.63. The molecule has 0 heterocycles. The van der Waals surface area contributed by atoms with Crippen molar-refractivity contribution < 1.29 is 13.2 Å². The first-order valence-electron chi connectivity index (χ1n) is 10.9. The molecule has 0 bridgehead atoms. The number of anilines is 1. The maximum atomic E-state index is 13.4. The van der Waals surface area contributed by atoms with Gasteiger partial charge in [-0.3, -0.25) is 9.10 Å². The molecule has 0 atom stereocenters. The molecule has 0 unspecified atom stereocenters. The zero-order valence-electron chi connectivity index (χ0n) is 19.9. The summed E-state index contributed by atoms with van der Waals surface area (Å²) < 4.78 is 27.7. The van der Waals surface area contributed by atoms with Gasteiger partial charge in [-0.1, -0.05) is 86.4 Å². The van der Waals surface area contributed by atoms with Gasteiger partial charge in [0.1, 0.15) is 6.54 Å². The van der Waals surface area contributed by atoms with E-state index in [2.05, 4.69) is 31.3 Å². The van der Waals surface area contributed by atoms with Crippen LogP contribution < -0.4 is 9.73 Å². The van der Waals surface area contributed by atoms with E-state index in [4.69, 9.17) is 23.2 Å². The molecule has 0 saturated heterocycles. The molecule has 0 aliphatic carbocycles. The topological polar surface area (TPSA) is 78.8 Å². The SMILES string of the molecule is C/C(=N/NC(=O)CN(c1ccc(Cl)cc1Cl)S(=O)(=O)c1ccccc1)c1ccc(C(C)(C)C)cc1. The van der Waals surface area contributed by atoms with E-state index >= 15 is 0 Å². The van der Waals surface area contributed by atoms with Gasteiger partial charge in [0.15, 0.2) is 0 Å². The molecule has 3 aromatic carbocycles. The molecule has 184 valence electrons. The fraction of sp³-hybridized carbons (Fsp3) is 0.231. The van der Waals surface area contributed by atoms with Crippen LogP contribution in [0, 0.1) is 0 Å². The molecule has 35 heavy (non-hydrogen) atoms. The molecule has 9 heteroatoms. The first-order valence-corrected chi connectivity index (χ1v) is 13.1. The third-order valence-electron chi connectivity index (χ3n) is 5.31. The van der Waals surface area contributed by atoms with E-state index in [9.17, 15) is 13.2 Å². The van der Waals surface area contributed by atoms with Crippen molar-refractivity contribution in [1.82, 2.24) is 5.43 Å². The van der Waals surface area contributed by atoms with Crippen LogP contribution in [0.25, 0.3) is 0 Å². The van der Waals surface area contributed by atoms with Gasteiger partial charge in [-0.05, 0) is 53.8 Å². The summed E-state index contributed by atoms with van der Waals surface area (Å²) in [6, 6.07) is 20.1. The van der Waals surface area contributed by atoms with Crippen LogP contribution in [0.1, 0.15) is 38.8 Å². The summed E-state index contributed by atoms with van der Waals surface area (Å²) in [5.74, 6) is -0.624. The monoisotopic (exact) mass is 531 g/mol. The van der Waals surface area contributed by atoms with Crippen molar-refractivity contribution in [3.8, 4) is 0 Å². The normalized spacial score (nSPS) is 12.3. The third kappa shape index (κ3) is 6.63. The molecule has 0 saturated carbocycles. The number of sulfonamides is 1. The molecule has 6 nitrogen and oxygen atoms in total.